The Hall–Kier alpha value is -1.65. The molecule has 0 aliphatic rings. The van der Waals surface area contributed by atoms with Crippen LogP contribution in [0.15, 0.2) is 30.6 Å². The number of hydrogen-bond donors (Lipinski definition) is 1. The van der Waals surface area contributed by atoms with Gasteiger partial charge >= 0.3 is 0 Å². The summed E-state index contributed by atoms with van der Waals surface area (Å²) in [4.78, 5) is 19.8. The third-order valence-corrected chi connectivity index (χ3v) is 2.87. The van der Waals surface area contributed by atoms with E-state index in [1.165, 1.54) is 6.33 Å². The highest BCUT2D eigenvalue weighted by Crippen LogP contribution is 2.29. The third-order valence-electron chi connectivity index (χ3n) is 2.24. The van der Waals surface area contributed by atoms with Crippen molar-refractivity contribution in [3.8, 4) is 0 Å². The molecule has 4 nitrogen and oxygen atoms in total. The fraction of sp³-hybridized carbons (Fsp3) is 0.0833. The van der Waals surface area contributed by atoms with E-state index in [2.05, 4.69) is 15.3 Å². The van der Waals surface area contributed by atoms with E-state index in [-0.39, 0.29) is 11.6 Å². The highest BCUT2D eigenvalue weighted by atomic mass is 35.5. The number of para-hydroxylation sites is 1. The van der Waals surface area contributed by atoms with Gasteiger partial charge in [0.05, 0.1) is 15.7 Å². The van der Waals surface area contributed by atoms with Crippen molar-refractivity contribution in [2.24, 2.45) is 0 Å². The van der Waals surface area contributed by atoms with Gasteiger partial charge in [0, 0.05) is 5.69 Å². The van der Waals surface area contributed by atoms with Crippen LogP contribution in [0.5, 0.6) is 0 Å². The van der Waals surface area contributed by atoms with Gasteiger partial charge in [0.15, 0.2) is 0 Å². The van der Waals surface area contributed by atoms with Crippen LogP contribution in [0.4, 0.5) is 5.69 Å². The highest BCUT2D eigenvalue weighted by molar-refractivity contribution is 6.39. The van der Waals surface area contributed by atoms with E-state index in [0.717, 1.165) is 0 Å². The van der Waals surface area contributed by atoms with Crippen LogP contribution in [-0.4, -0.2) is 15.9 Å². The fourth-order valence-electron chi connectivity index (χ4n) is 1.37. The Balaban J connectivity index is 2.27. The number of rotatable bonds is 2. The number of nitrogens with zero attached hydrogens (tertiary/aromatic N) is 2. The summed E-state index contributed by atoms with van der Waals surface area (Å²) in [5.41, 5.74) is 1.35. The Morgan fingerprint density at radius 2 is 1.89 bits per heavy atom. The molecule has 1 aromatic heterocycles. The van der Waals surface area contributed by atoms with Gasteiger partial charge in [-0.1, -0.05) is 29.3 Å². The van der Waals surface area contributed by atoms with Crippen LogP contribution in [0, 0.1) is 6.92 Å². The molecule has 0 saturated carbocycles. The zero-order valence-electron chi connectivity index (χ0n) is 9.45. The molecule has 0 saturated heterocycles. The number of aromatic nitrogens is 2. The van der Waals surface area contributed by atoms with Crippen molar-refractivity contribution < 1.29 is 4.79 Å². The second kappa shape index (κ2) is 5.33. The van der Waals surface area contributed by atoms with Gasteiger partial charge in [0.25, 0.3) is 5.91 Å². The molecule has 1 N–H and O–H groups in total. The zero-order valence-corrected chi connectivity index (χ0v) is 11.0. The molecule has 6 heteroatoms. The Morgan fingerprint density at radius 1 is 1.22 bits per heavy atom. The molecular formula is C12H9Cl2N3O. The lowest BCUT2D eigenvalue weighted by atomic mass is 10.3. The van der Waals surface area contributed by atoms with Crippen LogP contribution >= 0.6 is 23.2 Å². The predicted octanol–water partition coefficient (Wildman–Crippen LogP) is 3.34. The van der Waals surface area contributed by atoms with Crippen LogP contribution in [0.1, 0.15) is 16.2 Å². The van der Waals surface area contributed by atoms with Crippen molar-refractivity contribution >= 4 is 34.8 Å². The van der Waals surface area contributed by atoms with E-state index in [9.17, 15) is 4.79 Å². The minimum Gasteiger partial charge on any atom is -0.318 e. The summed E-state index contributed by atoms with van der Waals surface area (Å²) < 4.78 is 0. The summed E-state index contributed by atoms with van der Waals surface area (Å²) in [5.74, 6) is -0.379. The second-order valence-corrected chi connectivity index (χ2v) is 4.41. The lowest BCUT2D eigenvalue weighted by Gasteiger charge is -2.08. The smallest absolute Gasteiger partial charge is 0.274 e. The number of nitrogens with one attached hydrogen (secondary N) is 1. The zero-order chi connectivity index (χ0) is 13.1. The van der Waals surface area contributed by atoms with Crippen LogP contribution in [0.25, 0.3) is 0 Å². The molecule has 0 bridgehead atoms. The van der Waals surface area contributed by atoms with Crippen molar-refractivity contribution in [1.29, 1.82) is 0 Å². The number of aryl methyl sites for hydroxylation is 1. The Kier molecular flexibility index (Phi) is 3.79. The van der Waals surface area contributed by atoms with Gasteiger partial charge < -0.3 is 5.32 Å². The van der Waals surface area contributed by atoms with E-state index >= 15 is 0 Å². The SMILES string of the molecule is Cc1cc(C(=O)Nc2c(Cl)cccc2Cl)ncn1. The number of amides is 1. The van der Waals surface area contributed by atoms with E-state index < -0.39 is 0 Å². The summed E-state index contributed by atoms with van der Waals surface area (Å²) in [7, 11) is 0. The summed E-state index contributed by atoms with van der Waals surface area (Å²) in [5, 5.41) is 3.38. The maximum absolute atomic E-state index is 12.0. The number of halogens is 2. The van der Waals surface area contributed by atoms with Gasteiger partial charge in [-0.2, -0.15) is 0 Å². The van der Waals surface area contributed by atoms with Crippen LogP contribution in [0.3, 0.4) is 0 Å². The molecule has 1 aromatic carbocycles. The number of carbonyl (C=O) groups excluding carboxylic acids is 1. The van der Waals surface area contributed by atoms with Gasteiger partial charge in [-0.15, -0.1) is 0 Å². The fourth-order valence-corrected chi connectivity index (χ4v) is 1.87. The van der Waals surface area contributed by atoms with Gasteiger partial charge in [-0.3, -0.25) is 4.79 Å². The normalized spacial score (nSPS) is 10.2. The molecule has 2 rings (SSSR count). The quantitative estimate of drug-likeness (QED) is 0.919. The largest absolute Gasteiger partial charge is 0.318 e. The lowest BCUT2D eigenvalue weighted by molar-refractivity contribution is 0.102. The minimum atomic E-state index is -0.379. The van der Waals surface area contributed by atoms with Crippen LogP contribution in [-0.2, 0) is 0 Å². The average Bonchev–Trinajstić information content (AvgIpc) is 2.34. The topological polar surface area (TPSA) is 54.9 Å². The molecule has 18 heavy (non-hydrogen) atoms. The number of anilines is 1. The minimum absolute atomic E-state index is 0.262. The summed E-state index contributed by atoms with van der Waals surface area (Å²) in [6.45, 7) is 1.78. The van der Waals surface area contributed by atoms with Crippen molar-refractivity contribution in [3.63, 3.8) is 0 Å². The molecule has 0 fully saturated rings. The van der Waals surface area contributed by atoms with Gasteiger partial charge in [-0.25, -0.2) is 9.97 Å². The molecule has 0 radical (unpaired) electrons. The number of carbonyl (C=O) groups is 1. The lowest BCUT2D eigenvalue weighted by Crippen LogP contribution is -2.14. The number of benzene rings is 1. The molecule has 0 aliphatic heterocycles. The summed E-state index contributed by atoms with van der Waals surface area (Å²) in [6.07, 6.45) is 1.33. The summed E-state index contributed by atoms with van der Waals surface area (Å²) in [6, 6.07) is 6.58. The average molecular weight is 282 g/mol. The van der Waals surface area contributed by atoms with E-state index in [0.29, 0.717) is 21.4 Å². The van der Waals surface area contributed by atoms with Gasteiger partial charge in [-0.05, 0) is 25.1 Å². The molecule has 0 atom stereocenters. The van der Waals surface area contributed by atoms with Crippen molar-refractivity contribution in [2.45, 2.75) is 6.92 Å². The monoisotopic (exact) mass is 281 g/mol. The molecule has 1 amide bonds. The first-order valence-corrected chi connectivity index (χ1v) is 5.87. The Bertz CT molecular complexity index is 581. The van der Waals surface area contributed by atoms with E-state index in [4.69, 9.17) is 23.2 Å². The summed E-state index contributed by atoms with van der Waals surface area (Å²) >= 11 is 11.9. The van der Waals surface area contributed by atoms with E-state index in [1.807, 2.05) is 0 Å². The van der Waals surface area contributed by atoms with Crippen LogP contribution < -0.4 is 5.32 Å². The maximum Gasteiger partial charge on any atom is 0.274 e. The molecule has 2 aromatic rings. The second-order valence-electron chi connectivity index (χ2n) is 3.60. The van der Waals surface area contributed by atoms with Gasteiger partial charge in [0.1, 0.15) is 12.0 Å². The molecule has 0 spiro atoms. The predicted molar refractivity (Wildman–Crippen MR) is 71.2 cm³/mol. The van der Waals surface area contributed by atoms with Crippen LogP contribution in [0.2, 0.25) is 10.0 Å². The molecular weight excluding hydrogens is 273 g/mol. The highest BCUT2D eigenvalue weighted by Gasteiger charge is 2.12. The van der Waals surface area contributed by atoms with E-state index in [1.54, 1.807) is 31.2 Å². The Labute approximate surface area is 114 Å². The number of hydrogen-bond acceptors (Lipinski definition) is 3. The molecule has 1 heterocycles. The molecule has 92 valence electrons. The Morgan fingerprint density at radius 3 is 2.50 bits per heavy atom. The first-order valence-electron chi connectivity index (χ1n) is 5.12. The first-order chi connectivity index (χ1) is 8.58. The third kappa shape index (κ3) is 2.78. The first kappa shape index (κ1) is 12.8. The van der Waals surface area contributed by atoms with Crippen molar-refractivity contribution in [2.75, 3.05) is 5.32 Å². The van der Waals surface area contributed by atoms with Gasteiger partial charge in [0.2, 0.25) is 0 Å². The van der Waals surface area contributed by atoms with Crippen molar-refractivity contribution in [3.05, 3.63) is 52.0 Å². The standard InChI is InChI=1S/C12H9Cl2N3O/c1-7-5-10(16-6-15-7)12(18)17-11-8(13)3-2-4-9(11)14/h2-6H,1H3,(H,17,18). The molecule has 0 aliphatic carbocycles. The van der Waals surface area contributed by atoms with Crippen molar-refractivity contribution in [1.82, 2.24) is 9.97 Å². The molecule has 0 unspecified atom stereocenters. The maximum atomic E-state index is 12.0.